The number of benzene rings is 1. The van der Waals surface area contributed by atoms with E-state index >= 15 is 0 Å². The third-order valence-corrected chi connectivity index (χ3v) is 5.25. The number of nitriles is 1. The fourth-order valence-corrected chi connectivity index (χ4v) is 3.90. The Morgan fingerprint density at radius 1 is 1.30 bits per heavy atom. The first-order valence-electron chi connectivity index (χ1n) is 10.0. The van der Waals surface area contributed by atoms with E-state index in [4.69, 9.17) is 0 Å². The summed E-state index contributed by atoms with van der Waals surface area (Å²) in [5.74, 6) is -1.61. The summed E-state index contributed by atoms with van der Waals surface area (Å²) in [6.45, 7) is 2.50. The zero-order valence-electron chi connectivity index (χ0n) is 17.3. The Bertz CT molecular complexity index is 1600. The molecule has 0 aliphatic heterocycles. The molecule has 3 N–H and O–H groups in total. The van der Waals surface area contributed by atoms with Crippen LogP contribution in [0.3, 0.4) is 0 Å². The number of anilines is 1. The number of hydrogen-bond donors (Lipinski definition) is 3. The van der Waals surface area contributed by atoms with Crippen LogP contribution in [-0.4, -0.2) is 42.4 Å². The predicted octanol–water partition coefficient (Wildman–Crippen LogP) is 4.10. The minimum absolute atomic E-state index is 0.144. The second-order valence-electron chi connectivity index (χ2n) is 7.30. The van der Waals surface area contributed by atoms with Crippen LogP contribution in [-0.2, 0) is 0 Å². The van der Waals surface area contributed by atoms with E-state index in [1.54, 1.807) is 18.5 Å². The minimum atomic E-state index is -1.17. The van der Waals surface area contributed by atoms with Crippen molar-refractivity contribution in [3.05, 3.63) is 66.1 Å². The molecule has 4 heterocycles. The first-order chi connectivity index (χ1) is 16.0. The van der Waals surface area contributed by atoms with Gasteiger partial charge in [-0.1, -0.05) is 0 Å². The van der Waals surface area contributed by atoms with Gasteiger partial charge in [-0.2, -0.15) is 10.4 Å². The van der Waals surface area contributed by atoms with Gasteiger partial charge in [-0.15, -0.1) is 0 Å². The summed E-state index contributed by atoms with van der Waals surface area (Å²) >= 11 is 0. The van der Waals surface area contributed by atoms with E-state index < -0.39 is 11.8 Å². The molecule has 0 aliphatic rings. The van der Waals surface area contributed by atoms with Crippen molar-refractivity contribution in [3.8, 4) is 22.9 Å². The largest absolute Gasteiger partial charge is 0.476 e. The highest BCUT2D eigenvalue weighted by molar-refractivity contribution is 6.15. The molecule has 4 aromatic heterocycles. The normalized spacial score (nSPS) is 11.1. The van der Waals surface area contributed by atoms with Crippen molar-refractivity contribution in [2.45, 2.75) is 6.92 Å². The highest BCUT2D eigenvalue weighted by Crippen LogP contribution is 2.38. The molecular formula is C23H16FN7O2. The van der Waals surface area contributed by atoms with Crippen molar-refractivity contribution in [2.75, 3.05) is 11.9 Å². The van der Waals surface area contributed by atoms with Crippen LogP contribution in [0.1, 0.15) is 23.0 Å². The lowest BCUT2D eigenvalue weighted by Gasteiger charge is -2.12. The van der Waals surface area contributed by atoms with Crippen LogP contribution in [0.4, 0.5) is 10.1 Å². The second kappa shape index (κ2) is 7.72. The van der Waals surface area contributed by atoms with Crippen molar-refractivity contribution >= 4 is 33.6 Å². The number of carboxylic acids is 1. The van der Waals surface area contributed by atoms with Crippen molar-refractivity contribution in [2.24, 2.45) is 0 Å². The van der Waals surface area contributed by atoms with E-state index in [2.05, 4.69) is 31.4 Å². The van der Waals surface area contributed by atoms with Crippen LogP contribution >= 0.6 is 0 Å². The molecule has 10 heteroatoms. The first kappa shape index (κ1) is 20.1. The lowest BCUT2D eigenvalue weighted by atomic mass is 10.0. The lowest BCUT2D eigenvalue weighted by molar-refractivity contribution is 0.0690. The number of carboxylic acid groups (broad SMARTS) is 1. The van der Waals surface area contributed by atoms with Gasteiger partial charge in [-0.05, 0) is 31.2 Å². The summed E-state index contributed by atoms with van der Waals surface area (Å²) in [6.07, 6.45) is 6.13. The van der Waals surface area contributed by atoms with Gasteiger partial charge in [0.05, 0.1) is 27.8 Å². The number of rotatable bonds is 5. The van der Waals surface area contributed by atoms with E-state index in [1.807, 2.05) is 6.92 Å². The first-order valence-corrected chi connectivity index (χ1v) is 10.0. The number of aromatic carboxylic acids is 1. The summed E-state index contributed by atoms with van der Waals surface area (Å²) < 4.78 is 16.0. The summed E-state index contributed by atoms with van der Waals surface area (Å²) in [7, 11) is 0. The standard InChI is InChI=1S/C23H16FN7O2/c1-2-27-18-7-14(24)6-15-19-21(31-4-3-17(30-31)23(32)33)16(11-28-22(19)29-20(15)18)13-5-12(8-25)9-26-10-13/h3-7,9-11,27H,2H2,1H3,(H,28,29)(H,32,33). The number of fused-ring (bicyclic) bond motifs is 3. The van der Waals surface area contributed by atoms with Gasteiger partial charge in [0.1, 0.15) is 17.5 Å². The van der Waals surface area contributed by atoms with Gasteiger partial charge in [-0.3, -0.25) is 4.98 Å². The van der Waals surface area contributed by atoms with Gasteiger partial charge in [0.25, 0.3) is 0 Å². The average molecular weight is 441 g/mol. The van der Waals surface area contributed by atoms with Crippen LogP contribution in [0.25, 0.3) is 38.8 Å². The Morgan fingerprint density at radius 3 is 2.88 bits per heavy atom. The minimum Gasteiger partial charge on any atom is -0.476 e. The maximum Gasteiger partial charge on any atom is 0.356 e. The molecule has 33 heavy (non-hydrogen) atoms. The maximum absolute atomic E-state index is 14.6. The molecule has 0 amide bonds. The Hall–Kier alpha value is -4.78. The number of nitrogens with one attached hydrogen (secondary N) is 2. The monoisotopic (exact) mass is 441 g/mol. The van der Waals surface area contributed by atoms with E-state index in [1.165, 1.54) is 35.3 Å². The zero-order valence-corrected chi connectivity index (χ0v) is 17.3. The fourth-order valence-electron chi connectivity index (χ4n) is 3.90. The average Bonchev–Trinajstić information content (AvgIpc) is 3.44. The Morgan fingerprint density at radius 2 is 2.15 bits per heavy atom. The highest BCUT2D eigenvalue weighted by atomic mass is 19.1. The maximum atomic E-state index is 14.6. The van der Waals surface area contributed by atoms with E-state index in [-0.39, 0.29) is 5.69 Å². The number of H-pyrrole nitrogens is 1. The van der Waals surface area contributed by atoms with E-state index in [0.29, 0.717) is 56.5 Å². The van der Waals surface area contributed by atoms with Gasteiger partial charge in [0, 0.05) is 47.8 Å². The van der Waals surface area contributed by atoms with Gasteiger partial charge < -0.3 is 15.4 Å². The lowest BCUT2D eigenvalue weighted by Crippen LogP contribution is -2.04. The van der Waals surface area contributed by atoms with Gasteiger partial charge in [-0.25, -0.2) is 18.9 Å². The molecule has 0 atom stereocenters. The van der Waals surface area contributed by atoms with Gasteiger partial charge in [0.15, 0.2) is 5.69 Å². The molecule has 0 spiro atoms. The molecule has 5 aromatic rings. The molecule has 0 fully saturated rings. The van der Waals surface area contributed by atoms with Crippen LogP contribution in [0, 0.1) is 17.1 Å². The summed E-state index contributed by atoms with van der Waals surface area (Å²) in [5.41, 5.74) is 3.56. The molecule has 0 unspecified atom stereocenters. The van der Waals surface area contributed by atoms with Crippen LogP contribution in [0.15, 0.2) is 49.1 Å². The number of nitrogens with zero attached hydrogens (tertiary/aromatic N) is 5. The molecule has 162 valence electrons. The summed E-state index contributed by atoms with van der Waals surface area (Å²) in [4.78, 5) is 23.4. The van der Waals surface area contributed by atoms with E-state index in [0.717, 1.165) is 0 Å². The third kappa shape index (κ3) is 3.32. The van der Waals surface area contributed by atoms with Crippen LogP contribution in [0.2, 0.25) is 0 Å². The van der Waals surface area contributed by atoms with Gasteiger partial charge in [0.2, 0.25) is 0 Å². The molecule has 0 saturated carbocycles. The quantitative estimate of drug-likeness (QED) is 0.374. The predicted molar refractivity (Wildman–Crippen MR) is 120 cm³/mol. The summed E-state index contributed by atoms with van der Waals surface area (Å²) in [5, 5.41) is 27.2. The Balaban J connectivity index is 1.91. The smallest absolute Gasteiger partial charge is 0.356 e. The highest BCUT2D eigenvalue weighted by Gasteiger charge is 2.21. The molecule has 9 nitrogen and oxygen atoms in total. The fraction of sp³-hybridized carbons (Fsp3) is 0.0870. The van der Waals surface area contributed by atoms with Crippen molar-refractivity contribution < 1.29 is 14.3 Å². The zero-order chi connectivity index (χ0) is 23.1. The molecule has 0 bridgehead atoms. The van der Waals surface area contributed by atoms with Crippen molar-refractivity contribution in [1.29, 1.82) is 5.26 Å². The second-order valence-corrected chi connectivity index (χ2v) is 7.30. The number of carbonyl (C=O) groups is 1. The van der Waals surface area contributed by atoms with E-state index in [9.17, 15) is 19.6 Å². The number of aromatic nitrogens is 5. The SMILES string of the molecule is CCNc1cc(F)cc2c1[nH]c1ncc(-c3cncc(C#N)c3)c(-n3ccc(C(=O)O)n3)c12. The van der Waals surface area contributed by atoms with Crippen molar-refractivity contribution in [1.82, 2.24) is 24.7 Å². The number of pyridine rings is 2. The Labute approximate surface area is 186 Å². The Kier molecular flexibility index (Phi) is 4.71. The number of aromatic amines is 1. The molecule has 0 saturated heterocycles. The molecule has 0 aliphatic carbocycles. The van der Waals surface area contributed by atoms with Gasteiger partial charge >= 0.3 is 5.97 Å². The van der Waals surface area contributed by atoms with Crippen LogP contribution in [0.5, 0.6) is 0 Å². The molecule has 5 rings (SSSR count). The topological polar surface area (TPSA) is 133 Å². The molecule has 1 aromatic carbocycles. The third-order valence-electron chi connectivity index (χ3n) is 5.25. The van der Waals surface area contributed by atoms with Crippen LogP contribution < -0.4 is 5.32 Å². The van der Waals surface area contributed by atoms with Crippen molar-refractivity contribution in [3.63, 3.8) is 0 Å². The number of hydrogen-bond acceptors (Lipinski definition) is 6. The molecular weight excluding hydrogens is 425 g/mol. The summed E-state index contributed by atoms with van der Waals surface area (Å²) in [6, 6.07) is 7.89. The molecule has 0 radical (unpaired) electrons. The number of halogens is 1.